The number of amides is 1. The fourth-order valence-corrected chi connectivity index (χ4v) is 3.64. The van der Waals surface area contributed by atoms with Crippen molar-refractivity contribution in [3.8, 4) is 0 Å². The van der Waals surface area contributed by atoms with Gasteiger partial charge in [0.15, 0.2) is 0 Å². The molecule has 1 aliphatic carbocycles. The van der Waals surface area contributed by atoms with Gasteiger partial charge in [-0.3, -0.25) is 9.69 Å². The summed E-state index contributed by atoms with van der Waals surface area (Å²) in [4.78, 5) is 14.7. The molecule has 4 heteroatoms. The maximum atomic E-state index is 12.1. The van der Waals surface area contributed by atoms with Gasteiger partial charge in [0, 0.05) is 25.7 Å². The summed E-state index contributed by atoms with van der Waals surface area (Å²) < 4.78 is 0. The number of carbonyl (C=O) groups is 1. The van der Waals surface area contributed by atoms with Gasteiger partial charge in [-0.05, 0) is 50.5 Å². The van der Waals surface area contributed by atoms with Crippen LogP contribution in [0.4, 0.5) is 0 Å². The van der Waals surface area contributed by atoms with Crippen molar-refractivity contribution in [3.05, 3.63) is 0 Å². The quantitative estimate of drug-likeness (QED) is 0.825. The number of hydrogen-bond donors (Lipinski definition) is 2. The smallest absolute Gasteiger partial charge is 0.224 e. The summed E-state index contributed by atoms with van der Waals surface area (Å²) in [6, 6.07) is 0.702. The Kier molecular flexibility index (Phi) is 5.44. The third-order valence-corrected chi connectivity index (χ3v) is 5.09. The molecule has 0 aromatic heterocycles. The number of carbonyl (C=O) groups excluding carboxylic acids is 1. The Labute approximate surface area is 123 Å². The number of rotatable bonds is 4. The first-order chi connectivity index (χ1) is 9.52. The average Bonchev–Trinajstić information content (AvgIpc) is 2.45. The number of nitrogens with one attached hydrogen (secondary N) is 1. The van der Waals surface area contributed by atoms with Crippen molar-refractivity contribution in [2.45, 2.75) is 58.4 Å². The third kappa shape index (κ3) is 4.19. The summed E-state index contributed by atoms with van der Waals surface area (Å²) in [5.41, 5.74) is 5.97. The van der Waals surface area contributed by atoms with Crippen LogP contribution in [0.25, 0.3) is 0 Å². The highest BCUT2D eigenvalue weighted by Gasteiger charge is 2.33. The lowest BCUT2D eigenvalue weighted by molar-refractivity contribution is -0.127. The number of likely N-dealkylation sites (tertiary alicyclic amines) is 1. The SMILES string of the molecule is CC1(C)CCC(N2CCCC(C(=O)NCCN)C2)CC1. The fourth-order valence-electron chi connectivity index (χ4n) is 3.64. The number of hydrogen-bond acceptors (Lipinski definition) is 3. The second-order valence-corrected chi connectivity index (χ2v) is 7.31. The van der Waals surface area contributed by atoms with E-state index in [-0.39, 0.29) is 11.8 Å². The predicted molar refractivity (Wildman–Crippen MR) is 82.4 cm³/mol. The Morgan fingerprint density at radius 2 is 2.00 bits per heavy atom. The summed E-state index contributed by atoms with van der Waals surface area (Å²) in [5, 5.41) is 2.95. The summed E-state index contributed by atoms with van der Waals surface area (Å²) >= 11 is 0. The van der Waals surface area contributed by atoms with Crippen molar-refractivity contribution >= 4 is 5.91 Å². The molecule has 4 nitrogen and oxygen atoms in total. The molecule has 2 aliphatic rings. The van der Waals surface area contributed by atoms with Crippen LogP contribution in [-0.2, 0) is 4.79 Å². The predicted octanol–water partition coefficient (Wildman–Crippen LogP) is 1.74. The highest BCUT2D eigenvalue weighted by atomic mass is 16.1. The molecule has 116 valence electrons. The molecule has 20 heavy (non-hydrogen) atoms. The first-order valence-corrected chi connectivity index (χ1v) is 8.24. The summed E-state index contributed by atoms with van der Waals surface area (Å²) in [6.45, 7) is 8.01. The Hall–Kier alpha value is -0.610. The van der Waals surface area contributed by atoms with E-state index >= 15 is 0 Å². The monoisotopic (exact) mass is 281 g/mol. The van der Waals surface area contributed by atoms with E-state index in [4.69, 9.17) is 5.73 Å². The molecule has 0 spiro atoms. The van der Waals surface area contributed by atoms with Crippen molar-refractivity contribution in [3.63, 3.8) is 0 Å². The minimum Gasteiger partial charge on any atom is -0.355 e. The molecule has 0 bridgehead atoms. The van der Waals surface area contributed by atoms with Crippen molar-refractivity contribution < 1.29 is 4.79 Å². The van der Waals surface area contributed by atoms with Crippen LogP contribution in [0.2, 0.25) is 0 Å². The lowest BCUT2D eigenvalue weighted by Gasteiger charge is -2.43. The minimum atomic E-state index is 0.172. The number of nitrogens with two attached hydrogens (primary N) is 1. The number of piperidine rings is 1. The highest BCUT2D eigenvalue weighted by molar-refractivity contribution is 5.78. The second kappa shape index (κ2) is 6.90. The largest absolute Gasteiger partial charge is 0.355 e. The third-order valence-electron chi connectivity index (χ3n) is 5.09. The van der Waals surface area contributed by atoms with E-state index in [9.17, 15) is 4.79 Å². The Morgan fingerprint density at radius 1 is 1.30 bits per heavy atom. The molecule has 1 saturated heterocycles. The van der Waals surface area contributed by atoms with Crippen LogP contribution in [0.1, 0.15) is 52.4 Å². The van der Waals surface area contributed by atoms with Crippen molar-refractivity contribution in [2.24, 2.45) is 17.1 Å². The molecule has 1 aliphatic heterocycles. The van der Waals surface area contributed by atoms with Gasteiger partial charge in [-0.25, -0.2) is 0 Å². The van der Waals surface area contributed by atoms with Gasteiger partial charge in [-0.15, -0.1) is 0 Å². The first kappa shape index (κ1) is 15.8. The fraction of sp³-hybridized carbons (Fsp3) is 0.938. The molecular formula is C16H31N3O. The maximum absolute atomic E-state index is 12.1. The van der Waals surface area contributed by atoms with Crippen molar-refractivity contribution in [1.29, 1.82) is 0 Å². The molecule has 1 heterocycles. The van der Waals surface area contributed by atoms with E-state index in [1.54, 1.807) is 0 Å². The molecule has 1 amide bonds. The number of nitrogens with zero attached hydrogens (tertiary/aromatic N) is 1. The van der Waals surface area contributed by atoms with Crippen LogP contribution in [0.3, 0.4) is 0 Å². The van der Waals surface area contributed by atoms with Gasteiger partial charge in [0.25, 0.3) is 0 Å². The Bertz CT molecular complexity index is 320. The molecule has 1 atom stereocenters. The van der Waals surface area contributed by atoms with E-state index in [1.807, 2.05) is 0 Å². The Balaban J connectivity index is 1.83. The molecular weight excluding hydrogens is 250 g/mol. The highest BCUT2D eigenvalue weighted by Crippen LogP contribution is 2.37. The molecule has 0 aromatic carbocycles. The van der Waals surface area contributed by atoms with Crippen LogP contribution in [-0.4, -0.2) is 43.0 Å². The van der Waals surface area contributed by atoms with Crippen LogP contribution in [0.5, 0.6) is 0 Å². The van der Waals surface area contributed by atoms with Crippen LogP contribution < -0.4 is 11.1 Å². The van der Waals surface area contributed by atoms with E-state index in [0.717, 1.165) is 19.4 Å². The van der Waals surface area contributed by atoms with Crippen LogP contribution in [0, 0.1) is 11.3 Å². The van der Waals surface area contributed by atoms with Gasteiger partial charge < -0.3 is 11.1 Å². The van der Waals surface area contributed by atoms with Gasteiger partial charge in [0.2, 0.25) is 5.91 Å². The van der Waals surface area contributed by atoms with Crippen LogP contribution in [0.15, 0.2) is 0 Å². The van der Waals surface area contributed by atoms with Gasteiger partial charge in [-0.1, -0.05) is 13.8 Å². The molecule has 2 rings (SSSR count). The zero-order valence-corrected chi connectivity index (χ0v) is 13.2. The molecule has 1 saturated carbocycles. The average molecular weight is 281 g/mol. The maximum Gasteiger partial charge on any atom is 0.224 e. The van der Waals surface area contributed by atoms with E-state index < -0.39 is 0 Å². The zero-order chi connectivity index (χ0) is 14.6. The second-order valence-electron chi connectivity index (χ2n) is 7.31. The zero-order valence-electron chi connectivity index (χ0n) is 13.2. The molecule has 1 unspecified atom stereocenters. The normalized spacial score (nSPS) is 28.2. The standard InChI is InChI=1S/C16H31N3O/c1-16(2)7-5-14(6-8-16)19-11-3-4-13(12-19)15(20)18-10-9-17/h13-14H,3-12,17H2,1-2H3,(H,18,20). The molecule has 2 fully saturated rings. The topological polar surface area (TPSA) is 58.4 Å². The van der Waals surface area contributed by atoms with Crippen molar-refractivity contribution in [2.75, 3.05) is 26.2 Å². The molecule has 0 radical (unpaired) electrons. The van der Waals surface area contributed by atoms with E-state index in [1.165, 1.54) is 32.2 Å². The van der Waals surface area contributed by atoms with Gasteiger partial charge in [-0.2, -0.15) is 0 Å². The summed E-state index contributed by atoms with van der Waals surface area (Å²) in [6.07, 6.45) is 7.41. The minimum absolute atomic E-state index is 0.172. The van der Waals surface area contributed by atoms with E-state index in [2.05, 4.69) is 24.1 Å². The van der Waals surface area contributed by atoms with Gasteiger partial charge >= 0.3 is 0 Å². The summed E-state index contributed by atoms with van der Waals surface area (Å²) in [5.74, 6) is 0.376. The lowest BCUT2D eigenvalue weighted by Crippen LogP contribution is -2.49. The van der Waals surface area contributed by atoms with Gasteiger partial charge in [0.05, 0.1) is 5.92 Å². The summed E-state index contributed by atoms with van der Waals surface area (Å²) in [7, 11) is 0. The van der Waals surface area contributed by atoms with Crippen molar-refractivity contribution in [1.82, 2.24) is 10.2 Å². The van der Waals surface area contributed by atoms with E-state index in [0.29, 0.717) is 24.5 Å². The molecule has 0 aromatic rings. The molecule has 3 N–H and O–H groups in total. The lowest BCUT2D eigenvalue weighted by atomic mass is 9.75. The Morgan fingerprint density at radius 3 is 2.65 bits per heavy atom. The van der Waals surface area contributed by atoms with Crippen LogP contribution >= 0.6 is 0 Å². The first-order valence-electron chi connectivity index (χ1n) is 8.24. The van der Waals surface area contributed by atoms with Gasteiger partial charge in [0.1, 0.15) is 0 Å².